The smallest absolute Gasteiger partial charge is 0.243 e. The molecule has 122 valence electrons. The van der Waals surface area contributed by atoms with E-state index in [1.165, 1.54) is 4.31 Å². The van der Waals surface area contributed by atoms with Gasteiger partial charge in [0.25, 0.3) is 0 Å². The largest absolute Gasteiger partial charge is 0.314 e. The summed E-state index contributed by atoms with van der Waals surface area (Å²) < 4.78 is 27.4. The van der Waals surface area contributed by atoms with E-state index in [9.17, 15) is 8.42 Å². The second-order valence-electron chi connectivity index (χ2n) is 5.50. The summed E-state index contributed by atoms with van der Waals surface area (Å²) in [5, 5.41) is 3.55. The molecule has 0 atom stereocenters. The van der Waals surface area contributed by atoms with E-state index in [0.29, 0.717) is 36.2 Å². The first-order chi connectivity index (χ1) is 11.0. The fourth-order valence-corrected chi connectivity index (χ4v) is 4.53. The highest BCUT2D eigenvalue weighted by atomic mass is 35.5. The Morgan fingerprint density at radius 1 is 1.13 bits per heavy atom. The zero-order chi connectivity index (χ0) is 16.4. The molecule has 1 aromatic heterocycles. The number of rotatable bonds is 3. The monoisotopic (exact) mass is 351 g/mol. The van der Waals surface area contributed by atoms with E-state index >= 15 is 0 Å². The van der Waals surface area contributed by atoms with Gasteiger partial charge in [0.15, 0.2) is 0 Å². The van der Waals surface area contributed by atoms with E-state index in [1.54, 1.807) is 18.3 Å². The Balaban J connectivity index is 2.04. The van der Waals surface area contributed by atoms with Crippen LogP contribution in [-0.4, -0.2) is 43.9 Å². The summed E-state index contributed by atoms with van der Waals surface area (Å²) in [6.07, 6.45) is 1.61. The van der Waals surface area contributed by atoms with Crippen molar-refractivity contribution in [1.82, 2.24) is 14.6 Å². The van der Waals surface area contributed by atoms with Crippen LogP contribution in [0.25, 0.3) is 11.1 Å². The standard InChI is InChI=1S/C16H18ClN3O2S/c1-12-2-3-13(14-4-5-19-16(17)11-14)10-15(12)23(21,22)20-8-6-18-7-9-20/h2-5,10-11,18H,6-9H2,1H3. The van der Waals surface area contributed by atoms with Crippen LogP contribution in [0.5, 0.6) is 0 Å². The third kappa shape index (κ3) is 3.40. The number of aromatic nitrogens is 1. The Kier molecular flexibility index (Phi) is 4.68. The Hall–Kier alpha value is -1.47. The van der Waals surface area contributed by atoms with Gasteiger partial charge in [-0.05, 0) is 41.8 Å². The summed E-state index contributed by atoms with van der Waals surface area (Å²) in [6, 6.07) is 9.00. The molecule has 3 rings (SSSR count). The van der Waals surface area contributed by atoms with Crippen molar-refractivity contribution in [2.24, 2.45) is 0 Å². The molecule has 1 saturated heterocycles. The summed E-state index contributed by atoms with van der Waals surface area (Å²) in [5.74, 6) is 0. The lowest BCUT2D eigenvalue weighted by Gasteiger charge is -2.27. The minimum Gasteiger partial charge on any atom is -0.314 e. The molecule has 7 heteroatoms. The number of hydrogen-bond acceptors (Lipinski definition) is 4. The number of sulfonamides is 1. The van der Waals surface area contributed by atoms with Crippen LogP contribution >= 0.6 is 11.6 Å². The fraction of sp³-hybridized carbons (Fsp3) is 0.312. The van der Waals surface area contributed by atoms with Crippen LogP contribution in [0.4, 0.5) is 0 Å². The summed E-state index contributed by atoms with van der Waals surface area (Å²) in [7, 11) is -3.49. The first kappa shape index (κ1) is 16.4. The van der Waals surface area contributed by atoms with Crippen molar-refractivity contribution >= 4 is 21.6 Å². The third-order valence-electron chi connectivity index (χ3n) is 3.94. The van der Waals surface area contributed by atoms with Crippen LogP contribution in [0, 0.1) is 6.92 Å². The van der Waals surface area contributed by atoms with Crippen LogP contribution in [0.1, 0.15) is 5.56 Å². The molecule has 0 saturated carbocycles. The fourth-order valence-electron chi connectivity index (χ4n) is 2.66. The first-order valence-electron chi connectivity index (χ1n) is 7.42. The maximum absolute atomic E-state index is 12.9. The SMILES string of the molecule is Cc1ccc(-c2ccnc(Cl)c2)cc1S(=O)(=O)N1CCNCC1. The Morgan fingerprint density at radius 2 is 1.83 bits per heavy atom. The molecule has 0 unspecified atom stereocenters. The highest BCUT2D eigenvalue weighted by Gasteiger charge is 2.27. The lowest BCUT2D eigenvalue weighted by atomic mass is 10.1. The van der Waals surface area contributed by atoms with Gasteiger partial charge >= 0.3 is 0 Å². The van der Waals surface area contributed by atoms with Gasteiger partial charge in [-0.15, -0.1) is 0 Å². The number of piperazine rings is 1. The number of nitrogens with one attached hydrogen (secondary N) is 1. The second kappa shape index (κ2) is 6.57. The van der Waals surface area contributed by atoms with Crippen LogP contribution in [0.2, 0.25) is 5.15 Å². The lowest BCUT2D eigenvalue weighted by Crippen LogP contribution is -2.46. The number of halogens is 1. The van der Waals surface area contributed by atoms with Gasteiger partial charge in [-0.3, -0.25) is 0 Å². The molecule has 2 heterocycles. The van der Waals surface area contributed by atoms with E-state index in [0.717, 1.165) is 16.7 Å². The van der Waals surface area contributed by atoms with Gasteiger partial charge in [0.05, 0.1) is 4.90 Å². The van der Waals surface area contributed by atoms with Gasteiger partial charge < -0.3 is 5.32 Å². The zero-order valence-corrected chi connectivity index (χ0v) is 14.4. The van der Waals surface area contributed by atoms with Gasteiger partial charge in [0.1, 0.15) is 5.15 Å². The maximum Gasteiger partial charge on any atom is 0.243 e. The summed E-state index contributed by atoms with van der Waals surface area (Å²) in [5.41, 5.74) is 2.41. The zero-order valence-electron chi connectivity index (χ0n) is 12.8. The molecule has 1 N–H and O–H groups in total. The molecule has 0 radical (unpaired) electrons. The molecule has 0 aliphatic carbocycles. The van der Waals surface area contributed by atoms with Crippen molar-refractivity contribution in [3.8, 4) is 11.1 Å². The second-order valence-corrected chi connectivity index (χ2v) is 7.80. The number of benzene rings is 1. The molecule has 1 aliphatic rings. The molecular weight excluding hydrogens is 334 g/mol. The predicted octanol–water partition coefficient (Wildman–Crippen LogP) is 2.30. The highest BCUT2D eigenvalue weighted by Crippen LogP contribution is 2.28. The van der Waals surface area contributed by atoms with Crippen LogP contribution in [-0.2, 0) is 10.0 Å². The topological polar surface area (TPSA) is 62.3 Å². The van der Waals surface area contributed by atoms with Crippen molar-refractivity contribution in [2.45, 2.75) is 11.8 Å². The van der Waals surface area contributed by atoms with Gasteiger partial charge in [-0.25, -0.2) is 13.4 Å². The Labute approximate surface area is 141 Å². The van der Waals surface area contributed by atoms with Crippen molar-refractivity contribution in [1.29, 1.82) is 0 Å². The Bertz CT molecular complexity index is 818. The molecule has 5 nitrogen and oxygen atoms in total. The van der Waals surface area contributed by atoms with E-state index in [4.69, 9.17) is 11.6 Å². The minimum absolute atomic E-state index is 0.352. The van der Waals surface area contributed by atoms with E-state index < -0.39 is 10.0 Å². The molecular formula is C16H18ClN3O2S. The van der Waals surface area contributed by atoms with Crippen molar-refractivity contribution in [2.75, 3.05) is 26.2 Å². The molecule has 1 fully saturated rings. The minimum atomic E-state index is -3.49. The van der Waals surface area contributed by atoms with E-state index in [1.807, 2.05) is 25.1 Å². The Morgan fingerprint density at radius 3 is 2.52 bits per heavy atom. The van der Waals surface area contributed by atoms with Crippen LogP contribution in [0.15, 0.2) is 41.4 Å². The summed E-state index contributed by atoms with van der Waals surface area (Å²) in [6.45, 7) is 4.16. The quantitative estimate of drug-likeness (QED) is 0.862. The number of hydrogen-bond donors (Lipinski definition) is 1. The molecule has 1 aromatic carbocycles. The lowest BCUT2D eigenvalue weighted by molar-refractivity contribution is 0.360. The van der Waals surface area contributed by atoms with Gasteiger partial charge in [0.2, 0.25) is 10.0 Å². The van der Waals surface area contributed by atoms with Crippen molar-refractivity contribution in [3.63, 3.8) is 0 Å². The number of pyridine rings is 1. The molecule has 0 bridgehead atoms. The van der Waals surface area contributed by atoms with E-state index in [-0.39, 0.29) is 0 Å². The first-order valence-corrected chi connectivity index (χ1v) is 9.24. The average molecular weight is 352 g/mol. The third-order valence-corrected chi connectivity index (χ3v) is 6.19. The van der Waals surface area contributed by atoms with Crippen LogP contribution < -0.4 is 5.32 Å². The number of nitrogens with zero attached hydrogens (tertiary/aromatic N) is 2. The van der Waals surface area contributed by atoms with Gasteiger partial charge in [0, 0.05) is 32.4 Å². The van der Waals surface area contributed by atoms with Crippen molar-refractivity contribution < 1.29 is 8.42 Å². The summed E-state index contributed by atoms with van der Waals surface area (Å²) >= 11 is 5.93. The van der Waals surface area contributed by atoms with Crippen LogP contribution in [0.3, 0.4) is 0 Å². The van der Waals surface area contributed by atoms with Crippen molar-refractivity contribution in [3.05, 3.63) is 47.2 Å². The number of aryl methyl sites for hydroxylation is 1. The molecule has 23 heavy (non-hydrogen) atoms. The summed E-state index contributed by atoms with van der Waals surface area (Å²) in [4.78, 5) is 4.31. The molecule has 1 aliphatic heterocycles. The van der Waals surface area contributed by atoms with E-state index in [2.05, 4.69) is 10.3 Å². The normalized spacial score (nSPS) is 16.4. The predicted molar refractivity (Wildman–Crippen MR) is 91.0 cm³/mol. The maximum atomic E-state index is 12.9. The van der Waals surface area contributed by atoms with Gasteiger partial charge in [-0.2, -0.15) is 4.31 Å². The molecule has 0 amide bonds. The average Bonchev–Trinajstić information content (AvgIpc) is 2.56. The van der Waals surface area contributed by atoms with Gasteiger partial charge in [-0.1, -0.05) is 23.7 Å². The molecule has 0 spiro atoms. The highest BCUT2D eigenvalue weighted by molar-refractivity contribution is 7.89. The molecule has 2 aromatic rings.